The second-order valence-corrected chi connectivity index (χ2v) is 9.30. The molecule has 0 saturated carbocycles. The van der Waals surface area contributed by atoms with Gasteiger partial charge in [-0.05, 0) is 88.5 Å². The van der Waals surface area contributed by atoms with Crippen molar-refractivity contribution in [3.8, 4) is 0 Å². The Bertz CT molecular complexity index is 326. The molecular formula is C19H38N2. The number of nitrogens with zero attached hydrogens (tertiary/aromatic N) is 2. The molecule has 0 aliphatic carbocycles. The van der Waals surface area contributed by atoms with Gasteiger partial charge in [0.1, 0.15) is 0 Å². The average molecular weight is 295 g/mol. The number of likely N-dealkylation sites (tertiary alicyclic amines) is 2. The molecule has 1 atom stereocenters. The van der Waals surface area contributed by atoms with E-state index in [1.807, 2.05) is 0 Å². The van der Waals surface area contributed by atoms with Crippen molar-refractivity contribution in [2.75, 3.05) is 40.3 Å². The summed E-state index contributed by atoms with van der Waals surface area (Å²) in [6.07, 6.45) is 6.99. The van der Waals surface area contributed by atoms with Gasteiger partial charge in [0.25, 0.3) is 0 Å². The normalized spacial score (nSPS) is 27.4. The summed E-state index contributed by atoms with van der Waals surface area (Å²) in [5.74, 6) is 1.83. The first kappa shape index (κ1) is 17.3. The summed E-state index contributed by atoms with van der Waals surface area (Å²) in [6, 6.07) is 0. The topological polar surface area (TPSA) is 6.48 Å². The molecule has 2 heterocycles. The molecule has 2 aliphatic heterocycles. The number of piperidine rings is 1. The highest BCUT2D eigenvalue weighted by Crippen LogP contribution is 2.44. The lowest BCUT2D eigenvalue weighted by Gasteiger charge is -2.42. The highest BCUT2D eigenvalue weighted by atomic mass is 15.1. The second kappa shape index (κ2) is 6.58. The highest BCUT2D eigenvalue weighted by molar-refractivity contribution is 4.89. The van der Waals surface area contributed by atoms with Crippen LogP contribution in [0, 0.1) is 22.7 Å². The third-order valence-corrected chi connectivity index (χ3v) is 6.73. The van der Waals surface area contributed by atoms with Crippen LogP contribution < -0.4 is 0 Å². The monoisotopic (exact) mass is 294 g/mol. The van der Waals surface area contributed by atoms with E-state index in [4.69, 9.17) is 0 Å². The summed E-state index contributed by atoms with van der Waals surface area (Å²) >= 11 is 0. The van der Waals surface area contributed by atoms with Crippen molar-refractivity contribution in [2.24, 2.45) is 22.7 Å². The summed E-state index contributed by atoms with van der Waals surface area (Å²) in [7, 11) is 4.54. The van der Waals surface area contributed by atoms with Crippen LogP contribution in [0.5, 0.6) is 0 Å². The average Bonchev–Trinajstić information content (AvgIpc) is 2.85. The van der Waals surface area contributed by atoms with Crippen molar-refractivity contribution in [2.45, 2.75) is 59.8 Å². The highest BCUT2D eigenvalue weighted by Gasteiger charge is 2.37. The maximum atomic E-state index is 2.53. The lowest BCUT2D eigenvalue weighted by Crippen LogP contribution is -2.38. The molecule has 0 N–H and O–H groups in total. The minimum atomic E-state index is 0.507. The van der Waals surface area contributed by atoms with Crippen molar-refractivity contribution in [1.82, 2.24) is 9.80 Å². The van der Waals surface area contributed by atoms with Gasteiger partial charge >= 0.3 is 0 Å². The Hall–Kier alpha value is -0.0800. The van der Waals surface area contributed by atoms with E-state index in [2.05, 4.69) is 51.6 Å². The molecule has 21 heavy (non-hydrogen) atoms. The summed E-state index contributed by atoms with van der Waals surface area (Å²) in [5.41, 5.74) is 1.02. The Labute approximate surface area is 133 Å². The lowest BCUT2D eigenvalue weighted by molar-refractivity contribution is 0.0816. The van der Waals surface area contributed by atoms with Crippen LogP contribution in [0.4, 0.5) is 0 Å². The molecular weight excluding hydrogens is 256 g/mol. The van der Waals surface area contributed by atoms with E-state index >= 15 is 0 Å². The van der Waals surface area contributed by atoms with Gasteiger partial charge in [0.15, 0.2) is 0 Å². The Morgan fingerprint density at radius 1 is 0.714 bits per heavy atom. The lowest BCUT2D eigenvalue weighted by atomic mass is 9.66. The van der Waals surface area contributed by atoms with E-state index in [0.717, 1.165) is 11.8 Å². The van der Waals surface area contributed by atoms with Gasteiger partial charge in [-0.15, -0.1) is 0 Å². The molecule has 0 bridgehead atoms. The number of hydrogen-bond donors (Lipinski definition) is 0. The standard InChI is InChI=1S/C19H38N2/c1-18(2,16-7-12-20(5)13-8-16)10-11-19(3,4)17-9-14-21(6)15-17/h16-17H,7-15H2,1-6H3. The van der Waals surface area contributed by atoms with Gasteiger partial charge < -0.3 is 9.80 Å². The minimum Gasteiger partial charge on any atom is -0.306 e. The molecule has 2 rings (SSSR count). The predicted molar refractivity (Wildman–Crippen MR) is 92.6 cm³/mol. The van der Waals surface area contributed by atoms with Crippen molar-refractivity contribution in [1.29, 1.82) is 0 Å². The molecule has 1 unspecified atom stereocenters. The first-order chi connectivity index (χ1) is 9.71. The summed E-state index contributed by atoms with van der Waals surface area (Å²) in [5, 5.41) is 0. The van der Waals surface area contributed by atoms with E-state index in [1.165, 1.54) is 58.3 Å². The van der Waals surface area contributed by atoms with Crippen LogP contribution in [0.2, 0.25) is 0 Å². The SMILES string of the molecule is CN1CCC(C(C)(C)CCC(C)(C)C2CCN(C)C2)CC1. The van der Waals surface area contributed by atoms with Crippen LogP contribution in [0.3, 0.4) is 0 Å². The first-order valence-electron chi connectivity index (χ1n) is 9.08. The van der Waals surface area contributed by atoms with Crippen LogP contribution in [0.1, 0.15) is 59.8 Å². The van der Waals surface area contributed by atoms with Gasteiger partial charge in [-0.3, -0.25) is 0 Å². The Balaban J connectivity index is 1.85. The fourth-order valence-electron chi connectivity index (χ4n) is 4.42. The molecule has 2 fully saturated rings. The fourth-order valence-corrected chi connectivity index (χ4v) is 4.42. The molecule has 0 aromatic carbocycles. The van der Waals surface area contributed by atoms with Gasteiger partial charge in [0.2, 0.25) is 0 Å². The van der Waals surface area contributed by atoms with Gasteiger partial charge in [-0.2, -0.15) is 0 Å². The summed E-state index contributed by atoms with van der Waals surface area (Å²) in [4.78, 5) is 5.00. The molecule has 0 spiro atoms. The zero-order valence-corrected chi connectivity index (χ0v) is 15.4. The maximum absolute atomic E-state index is 2.53. The van der Waals surface area contributed by atoms with Gasteiger partial charge in [-0.1, -0.05) is 27.7 Å². The van der Waals surface area contributed by atoms with Gasteiger partial charge in [0.05, 0.1) is 0 Å². The van der Waals surface area contributed by atoms with E-state index < -0.39 is 0 Å². The van der Waals surface area contributed by atoms with Crippen LogP contribution in [-0.2, 0) is 0 Å². The van der Waals surface area contributed by atoms with Crippen LogP contribution >= 0.6 is 0 Å². The van der Waals surface area contributed by atoms with Gasteiger partial charge in [0, 0.05) is 6.54 Å². The van der Waals surface area contributed by atoms with E-state index in [0.29, 0.717) is 10.8 Å². The zero-order valence-electron chi connectivity index (χ0n) is 15.4. The third kappa shape index (κ3) is 4.45. The molecule has 0 aromatic heterocycles. The Morgan fingerprint density at radius 3 is 1.62 bits per heavy atom. The molecule has 0 aromatic rings. The maximum Gasteiger partial charge on any atom is 0.00122 e. The Kier molecular flexibility index (Phi) is 5.41. The molecule has 0 radical (unpaired) electrons. The quantitative estimate of drug-likeness (QED) is 0.753. The largest absolute Gasteiger partial charge is 0.306 e. The van der Waals surface area contributed by atoms with Gasteiger partial charge in [-0.25, -0.2) is 0 Å². The zero-order chi connectivity index (χ0) is 15.7. The summed E-state index contributed by atoms with van der Waals surface area (Å²) < 4.78 is 0. The van der Waals surface area contributed by atoms with Crippen molar-refractivity contribution in [3.63, 3.8) is 0 Å². The minimum absolute atomic E-state index is 0.507. The second-order valence-electron chi connectivity index (χ2n) is 9.30. The molecule has 2 saturated heterocycles. The van der Waals surface area contributed by atoms with Crippen molar-refractivity contribution >= 4 is 0 Å². The first-order valence-corrected chi connectivity index (χ1v) is 9.08. The molecule has 2 heteroatoms. The molecule has 2 nitrogen and oxygen atoms in total. The predicted octanol–water partition coefficient (Wildman–Crippen LogP) is 4.11. The molecule has 2 aliphatic rings. The van der Waals surface area contributed by atoms with Crippen molar-refractivity contribution < 1.29 is 0 Å². The van der Waals surface area contributed by atoms with E-state index in [9.17, 15) is 0 Å². The van der Waals surface area contributed by atoms with E-state index in [1.54, 1.807) is 0 Å². The van der Waals surface area contributed by atoms with Crippen LogP contribution in [-0.4, -0.2) is 50.1 Å². The number of hydrogen-bond acceptors (Lipinski definition) is 2. The fraction of sp³-hybridized carbons (Fsp3) is 1.00. The smallest absolute Gasteiger partial charge is 0.00122 e. The van der Waals surface area contributed by atoms with Crippen LogP contribution in [0.15, 0.2) is 0 Å². The Morgan fingerprint density at radius 2 is 1.14 bits per heavy atom. The van der Waals surface area contributed by atoms with Crippen LogP contribution in [0.25, 0.3) is 0 Å². The molecule has 0 amide bonds. The third-order valence-electron chi connectivity index (χ3n) is 6.73. The van der Waals surface area contributed by atoms with E-state index in [-0.39, 0.29) is 0 Å². The number of rotatable bonds is 5. The molecule has 124 valence electrons. The van der Waals surface area contributed by atoms with Crippen molar-refractivity contribution in [3.05, 3.63) is 0 Å². The summed E-state index contributed by atoms with van der Waals surface area (Å²) in [6.45, 7) is 15.3.